The number of hydrogen-bond donors (Lipinski definition) is 3. The number of carbonyl (C=O) groups excluding carboxylic acids is 1. The van der Waals surface area contributed by atoms with Crippen molar-refractivity contribution in [1.29, 1.82) is 0 Å². The van der Waals surface area contributed by atoms with Crippen LogP contribution in [0.5, 0.6) is 0 Å². The van der Waals surface area contributed by atoms with Crippen LogP contribution in [0.2, 0.25) is 0 Å². The summed E-state index contributed by atoms with van der Waals surface area (Å²) < 4.78 is 0. The van der Waals surface area contributed by atoms with Gasteiger partial charge in [-0.2, -0.15) is 0 Å². The third-order valence-electron chi connectivity index (χ3n) is 4.36. The van der Waals surface area contributed by atoms with Gasteiger partial charge in [-0.25, -0.2) is 4.98 Å². The molecule has 1 saturated carbocycles. The number of carbonyl (C=O) groups is 1. The van der Waals surface area contributed by atoms with Crippen LogP contribution in [0.4, 0.5) is 0 Å². The summed E-state index contributed by atoms with van der Waals surface area (Å²) in [5, 5.41) is 3.02. The van der Waals surface area contributed by atoms with Crippen molar-refractivity contribution in [2.75, 3.05) is 0 Å². The number of aromatic nitrogens is 2. The van der Waals surface area contributed by atoms with Crippen LogP contribution in [0.3, 0.4) is 0 Å². The Morgan fingerprint density at radius 2 is 2.29 bits per heavy atom. The van der Waals surface area contributed by atoms with Crippen LogP contribution in [-0.2, 0) is 4.79 Å². The summed E-state index contributed by atoms with van der Waals surface area (Å²) in [7, 11) is 0. The molecular weight excluding hydrogens is 264 g/mol. The predicted molar refractivity (Wildman–Crippen MR) is 82.6 cm³/mol. The summed E-state index contributed by atoms with van der Waals surface area (Å²) in [6.45, 7) is 1.95. The molecule has 3 atom stereocenters. The molecule has 5 nitrogen and oxygen atoms in total. The lowest BCUT2D eigenvalue weighted by Crippen LogP contribution is -2.33. The fourth-order valence-corrected chi connectivity index (χ4v) is 3.10. The van der Waals surface area contributed by atoms with E-state index in [2.05, 4.69) is 15.3 Å². The van der Waals surface area contributed by atoms with Crippen molar-refractivity contribution in [3.63, 3.8) is 0 Å². The Balaban J connectivity index is 1.62. The second-order valence-corrected chi connectivity index (χ2v) is 5.99. The number of aromatic amines is 1. The van der Waals surface area contributed by atoms with E-state index in [0.29, 0.717) is 12.3 Å². The molecule has 1 aliphatic rings. The Labute approximate surface area is 124 Å². The fourth-order valence-electron chi connectivity index (χ4n) is 3.10. The first-order valence-electron chi connectivity index (χ1n) is 7.63. The van der Waals surface area contributed by atoms with Crippen molar-refractivity contribution in [2.24, 2.45) is 11.7 Å². The highest BCUT2D eigenvalue weighted by Crippen LogP contribution is 2.27. The Morgan fingerprint density at radius 1 is 1.48 bits per heavy atom. The van der Waals surface area contributed by atoms with Crippen LogP contribution in [0.15, 0.2) is 24.3 Å². The van der Waals surface area contributed by atoms with E-state index in [1.807, 2.05) is 31.2 Å². The smallest absolute Gasteiger partial charge is 0.220 e. The van der Waals surface area contributed by atoms with Crippen molar-refractivity contribution in [1.82, 2.24) is 15.3 Å². The summed E-state index contributed by atoms with van der Waals surface area (Å²) >= 11 is 0. The van der Waals surface area contributed by atoms with E-state index in [0.717, 1.165) is 36.1 Å². The topological polar surface area (TPSA) is 83.8 Å². The van der Waals surface area contributed by atoms with Crippen LogP contribution in [0, 0.1) is 5.92 Å². The van der Waals surface area contributed by atoms with Crippen molar-refractivity contribution in [2.45, 2.75) is 44.7 Å². The number of hydrogen-bond acceptors (Lipinski definition) is 3. The zero-order valence-corrected chi connectivity index (χ0v) is 12.3. The van der Waals surface area contributed by atoms with Crippen molar-refractivity contribution < 1.29 is 4.79 Å². The molecule has 1 fully saturated rings. The molecule has 5 heteroatoms. The number of nitrogens with two attached hydrogens (primary N) is 1. The van der Waals surface area contributed by atoms with E-state index < -0.39 is 0 Å². The van der Waals surface area contributed by atoms with E-state index in [4.69, 9.17) is 5.73 Å². The molecule has 1 amide bonds. The van der Waals surface area contributed by atoms with Gasteiger partial charge in [0.05, 0.1) is 17.1 Å². The Bertz CT molecular complexity index is 603. The Hall–Kier alpha value is -1.88. The molecule has 0 radical (unpaired) electrons. The number of para-hydroxylation sites is 2. The highest BCUT2D eigenvalue weighted by atomic mass is 16.1. The fraction of sp³-hybridized carbons (Fsp3) is 0.500. The van der Waals surface area contributed by atoms with Crippen LogP contribution >= 0.6 is 0 Å². The van der Waals surface area contributed by atoms with Crippen LogP contribution in [0.1, 0.15) is 44.5 Å². The molecule has 1 aromatic carbocycles. The van der Waals surface area contributed by atoms with E-state index in [9.17, 15) is 4.79 Å². The van der Waals surface area contributed by atoms with Gasteiger partial charge in [-0.05, 0) is 37.8 Å². The van der Waals surface area contributed by atoms with Gasteiger partial charge in [-0.1, -0.05) is 18.6 Å². The van der Waals surface area contributed by atoms with Gasteiger partial charge in [-0.3, -0.25) is 4.79 Å². The number of rotatable bonds is 4. The molecule has 1 heterocycles. The Kier molecular flexibility index (Phi) is 3.92. The van der Waals surface area contributed by atoms with E-state index in [-0.39, 0.29) is 18.0 Å². The minimum Gasteiger partial charge on any atom is -0.346 e. The average Bonchev–Trinajstić information content (AvgIpc) is 3.05. The van der Waals surface area contributed by atoms with Gasteiger partial charge in [0.15, 0.2) is 0 Å². The number of nitrogens with zero attached hydrogens (tertiary/aromatic N) is 1. The molecule has 0 saturated heterocycles. The first kappa shape index (κ1) is 14.1. The molecule has 3 rings (SSSR count). The highest BCUT2D eigenvalue weighted by Gasteiger charge is 2.26. The van der Waals surface area contributed by atoms with E-state index >= 15 is 0 Å². The van der Waals surface area contributed by atoms with Crippen LogP contribution in [0.25, 0.3) is 11.0 Å². The zero-order chi connectivity index (χ0) is 14.8. The van der Waals surface area contributed by atoms with E-state index in [1.54, 1.807) is 0 Å². The molecule has 1 aromatic heterocycles. The number of imidazole rings is 1. The Morgan fingerprint density at radius 3 is 3.00 bits per heavy atom. The molecule has 1 unspecified atom stereocenters. The molecule has 21 heavy (non-hydrogen) atoms. The van der Waals surface area contributed by atoms with Gasteiger partial charge >= 0.3 is 0 Å². The summed E-state index contributed by atoms with van der Waals surface area (Å²) in [6.07, 6.45) is 3.76. The largest absolute Gasteiger partial charge is 0.346 e. The number of amides is 1. The minimum absolute atomic E-state index is 0.0605. The number of benzene rings is 1. The molecule has 4 N–H and O–H groups in total. The van der Waals surface area contributed by atoms with Crippen molar-refractivity contribution >= 4 is 16.9 Å². The van der Waals surface area contributed by atoms with Gasteiger partial charge in [-0.15, -0.1) is 0 Å². The maximum absolute atomic E-state index is 12.1. The summed E-state index contributed by atoms with van der Waals surface area (Å²) in [5.41, 5.74) is 7.94. The van der Waals surface area contributed by atoms with Gasteiger partial charge < -0.3 is 16.0 Å². The number of fused-ring (bicyclic) bond motifs is 1. The van der Waals surface area contributed by atoms with E-state index in [1.165, 1.54) is 0 Å². The lowest BCUT2D eigenvalue weighted by molar-refractivity contribution is -0.122. The second-order valence-electron chi connectivity index (χ2n) is 5.99. The lowest BCUT2D eigenvalue weighted by atomic mass is 10.00. The highest BCUT2D eigenvalue weighted by molar-refractivity contribution is 5.77. The molecule has 0 bridgehead atoms. The minimum atomic E-state index is -0.123. The molecule has 2 aromatic rings. The SMILES string of the molecule is CC(NC(=O)C[C@@H]1CCC[C@H]1N)c1nc2ccccc2[nH]1. The third-order valence-corrected chi connectivity index (χ3v) is 4.36. The first-order chi connectivity index (χ1) is 10.1. The molecular formula is C16H22N4O. The predicted octanol–water partition coefficient (Wildman–Crippen LogP) is 2.26. The quantitative estimate of drug-likeness (QED) is 0.806. The molecule has 0 spiro atoms. The molecule has 1 aliphatic carbocycles. The maximum atomic E-state index is 12.1. The first-order valence-corrected chi connectivity index (χ1v) is 7.63. The maximum Gasteiger partial charge on any atom is 0.220 e. The van der Waals surface area contributed by atoms with Crippen molar-refractivity contribution in [3.8, 4) is 0 Å². The summed E-state index contributed by atoms with van der Waals surface area (Å²) in [4.78, 5) is 19.9. The van der Waals surface area contributed by atoms with Crippen molar-refractivity contribution in [3.05, 3.63) is 30.1 Å². The molecule has 112 valence electrons. The normalized spacial score (nSPS) is 23.3. The monoisotopic (exact) mass is 286 g/mol. The summed E-state index contributed by atoms with van der Waals surface area (Å²) in [5.74, 6) is 1.18. The lowest BCUT2D eigenvalue weighted by Gasteiger charge is -2.17. The third kappa shape index (κ3) is 3.08. The standard InChI is InChI=1S/C16H22N4O/c1-10(16-19-13-7-2-3-8-14(13)20-16)18-15(21)9-11-5-4-6-12(11)17/h2-3,7-8,10-12H,4-6,9,17H2,1H3,(H,18,21)(H,19,20)/t10?,11-,12+/m0/s1. The average molecular weight is 286 g/mol. The van der Waals surface area contributed by atoms with Gasteiger partial charge in [0.2, 0.25) is 5.91 Å². The second kappa shape index (κ2) is 5.85. The van der Waals surface area contributed by atoms with Crippen LogP contribution in [-0.4, -0.2) is 21.9 Å². The zero-order valence-electron chi connectivity index (χ0n) is 12.3. The van der Waals surface area contributed by atoms with Gasteiger partial charge in [0.25, 0.3) is 0 Å². The summed E-state index contributed by atoms with van der Waals surface area (Å²) in [6, 6.07) is 7.92. The van der Waals surface area contributed by atoms with Crippen LogP contribution < -0.4 is 11.1 Å². The molecule has 0 aliphatic heterocycles. The van der Waals surface area contributed by atoms with Gasteiger partial charge in [0, 0.05) is 12.5 Å². The number of nitrogens with one attached hydrogen (secondary N) is 2. The van der Waals surface area contributed by atoms with Gasteiger partial charge in [0.1, 0.15) is 5.82 Å². The number of H-pyrrole nitrogens is 1.